The molecule has 26 heavy (non-hydrogen) atoms. The van der Waals surface area contributed by atoms with Crippen molar-refractivity contribution in [1.82, 2.24) is 19.7 Å². The van der Waals surface area contributed by atoms with Gasteiger partial charge in [0.15, 0.2) is 5.82 Å². The summed E-state index contributed by atoms with van der Waals surface area (Å²) < 4.78 is 7.31. The van der Waals surface area contributed by atoms with Gasteiger partial charge in [0, 0.05) is 36.4 Å². The Hall–Kier alpha value is -2.34. The SMILES string of the molecule is C=CCN1CC(c2nc(C3CC3)nn2-c2cc(Cl)ccc2OC)CC1=O. The second-order valence-electron chi connectivity index (χ2n) is 6.82. The summed E-state index contributed by atoms with van der Waals surface area (Å²) in [4.78, 5) is 18.9. The summed E-state index contributed by atoms with van der Waals surface area (Å²) >= 11 is 6.21. The van der Waals surface area contributed by atoms with Crippen molar-refractivity contribution in [2.24, 2.45) is 0 Å². The number of carbonyl (C=O) groups is 1. The minimum Gasteiger partial charge on any atom is -0.494 e. The Labute approximate surface area is 157 Å². The predicted molar refractivity (Wildman–Crippen MR) is 99.0 cm³/mol. The van der Waals surface area contributed by atoms with E-state index in [2.05, 4.69) is 6.58 Å². The standard InChI is InChI=1S/C19H21ClN4O2/c1-3-8-23-11-13(9-17(23)25)19-21-18(12-4-5-12)22-24(19)15-10-14(20)6-7-16(15)26-2/h3,6-7,10,12-13H,1,4-5,8-9,11H2,2H3. The molecule has 136 valence electrons. The van der Waals surface area contributed by atoms with E-state index in [-0.39, 0.29) is 11.8 Å². The van der Waals surface area contributed by atoms with Gasteiger partial charge < -0.3 is 9.64 Å². The maximum absolute atomic E-state index is 12.3. The largest absolute Gasteiger partial charge is 0.494 e. The first kappa shape index (κ1) is 17.1. The molecule has 6 nitrogen and oxygen atoms in total. The van der Waals surface area contributed by atoms with Gasteiger partial charge in [0.2, 0.25) is 5.91 Å². The Morgan fingerprint density at radius 3 is 2.88 bits per heavy atom. The number of hydrogen-bond donors (Lipinski definition) is 0. The highest BCUT2D eigenvalue weighted by molar-refractivity contribution is 6.30. The highest BCUT2D eigenvalue weighted by atomic mass is 35.5. The fourth-order valence-corrected chi connectivity index (χ4v) is 3.57. The van der Waals surface area contributed by atoms with E-state index in [9.17, 15) is 4.79 Å². The smallest absolute Gasteiger partial charge is 0.223 e. The Kier molecular flexibility index (Phi) is 4.44. The molecule has 1 aliphatic heterocycles. The minimum atomic E-state index is -0.00821. The van der Waals surface area contributed by atoms with Crippen LogP contribution in [0.5, 0.6) is 5.75 Å². The third-order valence-corrected chi connectivity index (χ3v) is 5.12. The second-order valence-corrected chi connectivity index (χ2v) is 7.26. The molecule has 0 spiro atoms. The molecule has 7 heteroatoms. The predicted octanol–water partition coefficient (Wildman–Crippen LogP) is 3.31. The summed E-state index contributed by atoms with van der Waals surface area (Å²) in [6.07, 6.45) is 4.41. The summed E-state index contributed by atoms with van der Waals surface area (Å²) in [5.74, 6) is 2.85. The van der Waals surface area contributed by atoms with Gasteiger partial charge in [-0.05, 0) is 31.0 Å². The number of halogens is 1. The number of hydrogen-bond acceptors (Lipinski definition) is 4. The van der Waals surface area contributed by atoms with Gasteiger partial charge >= 0.3 is 0 Å². The fourth-order valence-electron chi connectivity index (χ4n) is 3.40. The van der Waals surface area contributed by atoms with Crippen LogP contribution in [-0.2, 0) is 4.79 Å². The van der Waals surface area contributed by atoms with Crippen LogP contribution in [0.15, 0.2) is 30.9 Å². The molecule has 1 aromatic carbocycles. The van der Waals surface area contributed by atoms with Gasteiger partial charge in [0.1, 0.15) is 17.3 Å². The van der Waals surface area contributed by atoms with Crippen LogP contribution in [0.2, 0.25) is 5.02 Å². The van der Waals surface area contributed by atoms with E-state index < -0.39 is 0 Å². The third-order valence-electron chi connectivity index (χ3n) is 4.89. The molecule has 0 radical (unpaired) electrons. The lowest BCUT2D eigenvalue weighted by molar-refractivity contribution is -0.127. The minimum absolute atomic E-state index is 0.00821. The number of rotatable bonds is 6. The van der Waals surface area contributed by atoms with Crippen molar-refractivity contribution in [3.63, 3.8) is 0 Å². The maximum Gasteiger partial charge on any atom is 0.223 e. The highest BCUT2D eigenvalue weighted by Crippen LogP contribution is 2.40. The average Bonchev–Trinajstić information content (AvgIpc) is 3.28. The van der Waals surface area contributed by atoms with E-state index in [4.69, 9.17) is 26.4 Å². The van der Waals surface area contributed by atoms with Gasteiger partial charge in [0.05, 0.1) is 7.11 Å². The zero-order valence-electron chi connectivity index (χ0n) is 14.7. The molecule has 1 aliphatic carbocycles. The van der Waals surface area contributed by atoms with Crippen molar-refractivity contribution in [1.29, 1.82) is 0 Å². The molecule has 1 atom stereocenters. The van der Waals surface area contributed by atoms with E-state index in [1.807, 2.05) is 21.7 Å². The Morgan fingerprint density at radius 2 is 2.19 bits per heavy atom. The summed E-state index contributed by atoms with van der Waals surface area (Å²) in [6, 6.07) is 5.43. The van der Waals surface area contributed by atoms with Gasteiger partial charge in [-0.25, -0.2) is 9.67 Å². The average molecular weight is 373 g/mol. The molecule has 2 aromatic rings. The van der Waals surface area contributed by atoms with Crippen LogP contribution in [0, 0.1) is 0 Å². The van der Waals surface area contributed by atoms with E-state index in [0.29, 0.717) is 36.2 Å². The van der Waals surface area contributed by atoms with Crippen LogP contribution in [0.3, 0.4) is 0 Å². The van der Waals surface area contributed by atoms with E-state index >= 15 is 0 Å². The molecule has 1 amide bonds. The lowest BCUT2D eigenvalue weighted by atomic mass is 10.1. The molecule has 0 N–H and O–H groups in total. The summed E-state index contributed by atoms with van der Waals surface area (Å²) in [5, 5.41) is 5.35. The molecule has 2 heterocycles. The van der Waals surface area contributed by atoms with Gasteiger partial charge in [0.25, 0.3) is 0 Å². The number of methoxy groups -OCH3 is 1. The molecule has 1 unspecified atom stereocenters. The van der Waals surface area contributed by atoms with Crippen molar-refractivity contribution in [2.75, 3.05) is 20.2 Å². The summed E-state index contributed by atoms with van der Waals surface area (Å²) in [6.45, 7) is 4.91. The number of amides is 1. The van der Waals surface area contributed by atoms with Gasteiger partial charge in [-0.15, -0.1) is 6.58 Å². The molecule has 1 aromatic heterocycles. The first-order valence-electron chi connectivity index (χ1n) is 8.80. The number of likely N-dealkylation sites (tertiary alicyclic amines) is 1. The maximum atomic E-state index is 12.3. The molecule has 1 saturated carbocycles. The Morgan fingerprint density at radius 1 is 1.38 bits per heavy atom. The van der Waals surface area contributed by atoms with E-state index in [1.165, 1.54) is 0 Å². The molecule has 2 aliphatic rings. The lowest BCUT2D eigenvalue weighted by Crippen LogP contribution is -2.25. The Balaban J connectivity index is 1.77. The normalized spacial score (nSPS) is 19.8. The molecule has 4 rings (SSSR count). The van der Waals surface area contributed by atoms with Crippen LogP contribution in [0.25, 0.3) is 5.69 Å². The highest BCUT2D eigenvalue weighted by Gasteiger charge is 2.36. The topological polar surface area (TPSA) is 60.3 Å². The van der Waals surface area contributed by atoms with Crippen LogP contribution in [0.1, 0.15) is 42.7 Å². The number of benzene rings is 1. The second kappa shape index (κ2) is 6.76. The quantitative estimate of drug-likeness (QED) is 0.730. The Bertz CT molecular complexity index is 859. The summed E-state index contributed by atoms with van der Waals surface area (Å²) in [7, 11) is 1.62. The number of ether oxygens (including phenoxy) is 1. The molecular formula is C19H21ClN4O2. The number of carbonyl (C=O) groups excluding carboxylic acids is 1. The van der Waals surface area contributed by atoms with E-state index in [0.717, 1.165) is 30.2 Å². The van der Waals surface area contributed by atoms with Crippen molar-refractivity contribution >= 4 is 17.5 Å². The zero-order chi connectivity index (χ0) is 18.3. The van der Waals surface area contributed by atoms with Gasteiger partial charge in [-0.1, -0.05) is 17.7 Å². The first-order valence-corrected chi connectivity index (χ1v) is 9.18. The van der Waals surface area contributed by atoms with Crippen LogP contribution < -0.4 is 4.74 Å². The molecule has 1 saturated heterocycles. The van der Waals surface area contributed by atoms with Crippen LogP contribution >= 0.6 is 11.6 Å². The van der Waals surface area contributed by atoms with Crippen molar-refractivity contribution < 1.29 is 9.53 Å². The fraction of sp³-hybridized carbons (Fsp3) is 0.421. The van der Waals surface area contributed by atoms with Crippen LogP contribution in [-0.4, -0.2) is 45.8 Å². The van der Waals surface area contributed by atoms with Crippen LogP contribution in [0.4, 0.5) is 0 Å². The van der Waals surface area contributed by atoms with Crippen molar-refractivity contribution in [3.05, 3.63) is 47.5 Å². The molecule has 0 bridgehead atoms. The summed E-state index contributed by atoms with van der Waals surface area (Å²) in [5.41, 5.74) is 0.754. The van der Waals surface area contributed by atoms with Crippen molar-refractivity contribution in [3.8, 4) is 11.4 Å². The first-order chi connectivity index (χ1) is 12.6. The zero-order valence-corrected chi connectivity index (χ0v) is 15.4. The van der Waals surface area contributed by atoms with Gasteiger partial charge in [-0.3, -0.25) is 4.79 Å². The van der Waals surface area contributed by atoms with E-state index in [1.54, 1.807) is 19.3 Å². The van der Waals surface area contributed by atoms with Crippen molar-refractivity contribution in [2.45, 2.75) is 31.1 Å². The molecule has 2 fully saturated rings. The number of nitrogens with zero attached hydrogens (tertiary/aromatic N) is 4. The van der Waals surface area contributed by atoms with Gasteiger partial charge in [-0.2, -0.15) is 5.10 Å². The third kappa shape index (κ3) is 3.09. The number of aromatic nitrogens is 3. The molecular weight excluding hydrogens is 352 g/mol. The lowest BCUT2D eigenvalue weighted by Gasteiger charge is -2.15. The monoisotopic (exact) mass is 372 g/mol.